The van der Waals surface area contributed by atoms with Crippen molar-refractivity contribution in [1.82, 2.24) is 14.5 Å². The van der Waals surface area contributed by atoms with Gasteiger partial charge >= 0.3 is 0 Å². The molecule has 1 unspecified atom stereocenters. The van der Waals surface area contributed by atoms with Gasteiger partial charge in [-0.2, -0.15) is 0 Å². The number of imidazole rings is 1. The van der Waals surface area contributed by atoms with E-state index in [1.165, 1.54) is 5.69 Å². The summed E-state index contributed by atoms with van der Waals surface area (Å²) in [5.41, 5.74) is 3.18. The van der Waals surface area contributed by atoms with Crippen LogP contribution in [0.3, 0.4) is 0 Å². The van der Waals surface area contributed by atoms with Crippen LogP contribution in [-0.4, -0.2) is 27.2 Å². The quantitative estimate of drug-likeness (QED) is 0.524. The lowest BCUT2D eigenvalue weighted by molar-refractivity contribution is 0.0945. The molecule has 2 aromatic heterocycles. The van der Waals surface area contributed by atoms with Gasteiger partial charge in [-0.15, -0.1) is 0 Å². The van der Waals surface area contributed by atoms with Crippen molar-refractivity contribution in [2.24, 2.45) is 0 Å². The monoisotopic (exact) mass is 403 g/mol. The van der Waals surface area contributed by atoms with Crippen molar-refractivity contribution in [3.63, 3.8) is 0 Å². The van der Waals surface area contributed by atoms with Gasteiger partial charge in [-0.1, -0.05) is 35.5 Å². The molecule has 0 aliphatic carbocycles. The van der Waals surface area contributed by atoms with Crippen molar-refractivity contribution >= 4 is 23.4 Å². The summed E-state index contributed by atoms with van der Waals surface area (Å²) in [6.45, 7) is 5.88. The summed E-state index contributed by atoms with van der Waals surface area (Å²) in [5.74, 6) is 2.03. The standard InChI is InChI=1S/C20H22ClN3O2S/c1-13-14(2)24(11-17-7-4-8-25-17)20(23-13)27-12-19-22-10-18(26-19)15-5-3-6-16(21)9-15/h3,5-6,9-10,17H,4,7-8,11-12H2,1-2H3. The lowest BCUT2D eigenvalue weighted by Gasteiger charge is -2.14. The summed E-state index contributed by atoms with van der Waals surface area (Å²) in [5, 5.41) is 1.67. The van der Waals surface area contributed by atoms with E-state index in [4.69, 9.17) is 25.7 Å². The van der Waals surface area contributed by atoms with Gasteiger partial charge in [-0.05, 0) is 38.8 Å². The van der Waals surface area contributed by atoms with Gasteiger partial charge < -0.3 is 13.7 Å². The van der Waals surface area contributed by atoms with Crippen LogP contribution in [0.5, 0.6) is 0 Å². The van der Waals surface area contributed by atoms with E-state index in [9.17, 15) is 0 Å². The van der Waals surface area contributed by atoms with Crippen LogP contribution in [-0.2, 0) is 17.0 Å². The minimum absolute atomic E-state index is 0.285. The highest BCUT2D eigenvalue weighted by Gasteiger charge is 2.20. The average molecular weight is 404 g/mol. The number of hydrogen-bond donors (Lipinski definition) is 0. The predicted octanol–water partition coefficient (Wildman–Crippen LogP) is 5.28. The smallest absolute Gasteiger partial charge is 0.205 e. The first-order chi connectivity index (χ1) is 13.1. The molecule has 0 bridgehead atoms. The van der Waals surface area contributed by atoms with Gasteiger partial charge in [0.1, 0.15) is 0 Å². The molecule has 1 aliphatic heterocycles. The second kappa shape index (κ2) is 8.09. The van der Waals surface area contributed by atoms with E-state index < -0.39 is 0 Å². The fraction of sp³-hybridized carbons (Fsp3) is 0.400. The summed E-state index contributed by atoms with van der Waals surface area (Å²) in [6.07, 6.45) is 4.29. The number of thioether (sulfide) groups is 1. The average Bonchev–Trinajstić information content (AvgIpc) is 3.38. The van der Waals surface area contributed by atoms with E-state index in [2.05, 4.69) is 16.5 Å². The summed E-state index contributed by atoms with van der Waals surface area (Å²) in [4.78, 5) is 9.13. The molecule has 27 heavy (non-hydrogen) atoms. The van der Waals surface area contributed by atoms with E-state index in [1.54, 1.807) is 18.0 Å². The molecule has 0 N–H and O–H groups in total. The van der Waals surface area contributed by atoms with Crippen molar-refractivity contribution in [3.8, 4) is 11.3 Å². The summed E-state index contributed by atoms with van der Waals surface area (Å²) < 4.78 is 14.0. The number of oxazole rings is 1. The number of aromatic nitrogens is 3. The number of rotatable bonds is 6. The SMILES string of the molecule is Cc1nc(SCc2ncc(-c3cccc(Cl)c3)o2)n(CC2CCCO2)c1C. The topological polar surface area (TPSA) is 53.1 Å². The Morgan fingerprint density at radius 1 is 1.33 bits per heavy atom. The summed E-state index contributed by atoms with van der Waals surface area (Å²) in [7, 11) is 0. The Bertz CT molecular complexity index is 931. The lowest BCUT2D eigenvalue weighted by atomic mass is 10.2. The van der Waals surface area contributed by atoms with Crippen LogP contribution in [0.2, 0.25) is 5.02 Å². The Kier molecular flexibility index (Phi) is 5.57. The number of halogens is 1. The zero-order valence-electron chi connectivity index (χ0n) is 15.4. The lowest BCUT2D eigenvalue weighted by Crippen LogP contribution is -2.16. The van der Waals surface area contributed by atoms with Gasteiger partial charge in [0.15, 0.2) is 10.9 Å². The number of benzene rings is 1. The zero-order valence-corrected chi connectivity index (χ0v) is 17.0. The summed E-state index contributed by atoms with van der Waals surface area (Å²) >= 11 is 7.70. The molecule has 3 heterocycles. The number of nitrogens with zero attached hydrogens (tertiary/aromatic N) is 3. The van der Waals surface area contributed by atoms with Gasteiger partial charge in [0, 0.05) is 22.9 Å². The first kappa shape index (κ1) is 18.6. The molecule has 4 rings (SSSR count). The third-order valence-corrected chi connectivity index (χ3v) is 6.02. The largest absolute Gasteiger partial charge is 0.440 e. The summed E-state index contributed by atoms with van der Waals surface area (Å²) in [6, 6.07) is 7.59. The van der Waals surface area contributed by atoms with Gasteiger partial charge in [0.05, 0.1) is 30.3 Å². The van der Waals surface area contributed by atoms with Crippen LogP contribution in [0.25, 0.3) is 11.3 Å². The molecular formula is C20H22ClN3O2S. The van der Waals surface area contributed by atoms with Crippen LogP contribution in [0.1, 0.15) is 30.1 Å². The number of aryl methyl sites for hydroxylation is 1. The molecule has 1 saturated heterocycles. The first-order valence-electron chi connectivity index (χ1n) is 9.09. The maximum Gasteiger partial charge on any atom is 0.205 e. The molecule has 3 aromatic rings. The van der Waals surface area contributed by atoms with Gasteiger partial charge in [-0.25, -0.2) is 9.97 Å². The van der Waals surface area contributed by atoms with Crippen LogP contribution in [0, 0.1) is 13.8 Å². The molecule has 1 aliphatic rings. The van der Waals surface area contributed by atoms with Gasteiger partial charge in [-0.3, -0.25) is 0 Å². The normalized spacial score (nSPS) is 16.9. The Labute approximate surface area is 168 Å². The van der Waals surface area contributed by atoms with Gasteiger partial charge in [0.2, 0.25) is 5.89 Å². The molecule has 0 radical (unpaired) electrons. The van der Waals surface area contributed by atoms with E-state index in [0.717, 1.165) is 48.2 Å². The molecule has 142 valence electrons. The third kappa shape index (κ3) is 4.23. The second-order valence-electron chi connectivity index (χ2n) is 6.73. The highest BCUT2D eigenvalue weighted by atomic mass is 35.5. The Morgan fingerprint density at radius 3 is 3.00 bits per heavy atom. The molecule has 1 atom stereocenters. The van der Waals surface area contributed by atoms with Crippen LogP contribution >= 0.6 is 23.4 Å². The van der Waals surface area contributed by atoms with Crippen LogP contribution in [0.4, 0.5) is 0 Å². The molecule has 5 nitrogen and oxygen atoms in total. The highest BCUT2D eigenvalue weighted by molar-refractivity contribution is 7.98. The van der Waals surface area contributed by atoms with Crippen molar-refractivity contribution in [1.29, 1.82) is 0 Å². The van der Waals surface area contributed by atoms with E-state index >= 15 is 0 Å². The minimum atomic E-state index is 0.285. The van der Waals surface area contributed by atoms with E-state index in [0.29, 0.717) is 16.7 Å². The maximum atomic E-state index is 6.06. The first-order valence-corrected chi connectivity index (χ1v) is 10.5. The van der Waals surface area contributed by atoms with Crippen LogP contribution < -0.4 is 0 Å². The maximum absolute atomic E-state index is 6.06. The van der Waals surface area contributed by atoms with Crippen molar-refractivity contribution in [2.75, 3.05) is 6.61 Å². The van der Waals surface area contributed by atoms with Crippen LogP contribution in [0.15, 0.2) is 40.0 Å². The fourth-order valence-electron chi connectivity index (χ4n) is 3.22. The second-order valence-corrected chi connectivity index (χ2v) is 8.11. The molecule has 0 saturated carbocycles. The Hall–Kier alpha value is -1.76. The Morgan fingerprint density at radius 2 is 2.22 bits per heavy atom. The number of hydrogen-bond acceptors (Lipinski definition) is 5. The molecule has 1 aromatic carbocycles. The molecule has 0 spiro atoms. The zero-order chi connectivity index (χ0) is 18.8. The van der Waals surface area contributed by atoms with Crippen molar-refractivity contribution in [2.45, 2.75) is 50.2 Å². The minimum Gasteiger partial charge on any atom is -0.440 e. The molecule has 0 amide bonds. The predicted molar refractivity (Wildman–Crippen MR) is 107 cm³/mol. The molecule has 1 fully saturated rings. The van der Waals surface area contributed by atoms with Crippen molar-refractivity contribution < 1.29 is 9.15 Å². The van der Waals surface area contributed by atoms with Crippen molar-refractivity contribution in [3.05, 3.63) is 52.8 Å². The van der Waals surface area contributed by atoms with E-state index in [1.807, 2.05) is 31.2 Å². The highest BCUT2D eigenvalue weighted by Crippen LogP contribution is 2.29. The fourth-order valence-corrected chi connectivity index (χ4v) is 4.36. The number of ether oxygens (including phenoxy) is 1. The Balaban J connectivity index is 1.47. The molecular weight excluding hydrogens is 382 g/mol. The third-order valence-electron chi connectivity index (χ3n) is 4.82. The van der Waals surface area contributed by atoms with Gasteiger partial charge in [0.25, 0.3) is 0 Å². The molecule has 7 heteroatoms. The van der Waals surface area contributed by atoms with E-state index in [-0.39, 0.29) is 6.10 Å².